The number of fused-ring (bicyclic) bond motifs is 6. The van der Waals surface area contributed by atoms with Gasteiger partial charge < -0.3 is 8.83 Å². The molecule has 198 valence electrons. The van der Waals surface area contributed by atoms with Crippen LogP contribution in [0.15, 0.2) is 145 Å². The molecule has 2 nitrogen and oxygen atoms in total. The number of halogens is 3. The van der Waals surface area contributed by atoms with Crippen molar-refractivity contribution in [2.24, 2.45) is 0 Å². The van der Waals surface area contributed by atoms with Crippen molar-refractivity contribution in [2.75, 3.05) is 0 Å². The minimum absolute atomic E-state index is 0.915. The molecule has 5 heteroatoms. The zero-order valence-corrected chi connectivity index (χ0v) is 26.9. The number of hydrogen-bond acceptors (Lipinski definition) is 2. The lowest BCUT2D eigenvalue weighted by atomic mass is 10.00. The molecular weight excluding hydrogens is 751 g/mol. The lowest BCUT2D eigenvalue weighted by Crippen LogP contribution is -1.79. The fourth-order valence-corrected chi connectivity index (χ4v) is 6.58. The van der Waals surface area contributed by atoms with Crippen molar-refractivity contribution in [1.29, 1.82) is 0 Å². The van der Waals surface area contributed by atoms with Gasteiger partial charge in [-0.2, -0.15) is 0 Å². The van der Waals surface area contributed by atoms with Gasteiger partial charge in [0, 0.05) is 30.5 Å². The number of furan rings is 2. The third-order valence-corrected chi connectivity index (χ3v) is 10.2. The third kappa shape index (κ3) is 4.90. The second-order valence-electron chi connectivity index (χ2n) is 9.67. The van der Waals surface area contributed by atoms with Gasteiger partial charge in [0.05, 0.1) is 3.57 Å². The smallest absolute Gasteiger partial charge is 0.149 e. The normalized spacial score (nSPS) is 11.3. The van der Waals surface area contributed by atoms with E-state index < -0.39 is 0 Å². The highest BCUT2D eigenvalue weighted by Crippen LogP contribution is 2.40. The molecular formula is C36H21Br2IO2. The van der Waals surface area contributed by atoms with Crippen LogP contribution in [-0.4, -0.2) is 0 Å². The SMILES string of the molecule is Brc1ccc2c(c1)oc1cccc(-c3ccccc3)c12.Brc1ccc2c(oc3cccc(-c4ccccc4)c32)c1I. The Labute approximate surface area is 267 Å². The van der Waals surface area contributed by atoms with Gasteiger partial charge in [0.15, 0.2) is 0 Å². The van der Waals surface area contributed by atoms with E-state index in [1.165, 1.54) is 33.0 Å². The van der Waals surface area contributed by atoms with Crippen LogP contribution in [0.3, 0.4) is 0 Å². The molecule has 0 aliphatic heterocycles. The highest BCUT2D eigenvalue weighted by atomic mass is 127. The van der Waals surface area contributed by atoms with E-state index in [0.717, 1.165) is 45.6 Å². The lowest BCUT2D eigenvalue weighted by Gasteiger charge is -2.03. The summed E-state index contributed by atoms with van der Waals surface area (Å²) >= 11 is 9.39. The monoisotopic (exact) mass is 770 g/mol. The van der Waals surface area contributed by atoms with Gasteiger partial charge in [-0.3, -0.25) is 0 Å². The maximum Gasteiger partial charge on any atom is 0.149 e. The standard InChI is InChI=1S/C18H10BrIO.C18H11BrO/c19-14-10-9-13-16-12(11-5-2-1-3-6-11)7-4-8-15(16)21-18(13)17(14)20;19-13-9-10-15-17(11-13)20-16-8-4-7-14(18(15)16)12-5-2-1-3-6-12/h1-10H;1-11H. The second kappa shape index (κ2) is 11.1. The Morgan fingerprint density at radius 2 is 1.05 bits per heavy atom. The molecule has 41 heavy (non-hydrogen) atoms. The zero-order chi connectivity index (χ0) is 27.9. The molecule has 0 aliphatic carbocycles. The quantitative estimate of drug-likeness (QED) is 0.164. The van der Waals surface area contributed by atoms with Gasteiger partial charge in [-0.1, -0.05) is 101 Å². The molecule has 2 heterocycles. The Morgan fingerprint density at radius 1 is 0.488 bits per heavy atom. The predicted molar refractivity (Wildman–Crippen MR) is 186 cm³/mol. The van der Waals surface area contributed by atoms with Gasteiger partial charge in [-0.05, 0) is 103 Å². The predicted octanol–water partition coefficient (Wildman–Crippen LogP) is 12.6. The van der Waals surface area contributed by atoms with E-state index in [0.29, 0.717) is 0 Å². The molecule has 8 rings (SSSR count). The van der Waals surface area contributed by atoms with Crippen LogP contribution in [0.5, 0.6) is 0 Å². The molecule has 2 aromatic heterocycles. The van der Waals surface area contributed by atoms with Crippen molar-refractivity contribution in [3.05, 3.63) is 140 Å². The van der Waals surface area contributed by atoms with Crippen LogP contribution in [0.2, 0.25) is 0 Å². The molecule has 0 saturated carbocycles. The first-order chi connectivity index (χ1) is 20.1. The molecule has 0 unspecified atom stereocenters. The fourth-order valence-electron chi connectivity index (χ4n) is 5.35. The summed E-state index contributed by atoms with van der Waals surface area (Å²) in [5.41, 5.74) is 8.57. The van der Waals surface area contributed by atoms with Gasteiger partial charge in [0.1, 0.15) is 22.3 Å². The Balaban J connectivity index is 0.000000135. The zero-order valence-electron chi connectivity index (χ0n) is 21.6. The van der Waals surface area contributed by atoms with Crippen molar-refractivity contribution in [1.82, 2.24) is 0 Å². The topological polar surface area (TPSA) is 26.3 Å². The molecule has 8 aromatic rings. The summed E-state index contributed by atoms with van der Waals surface area (Å²) in [6, 6.07) is 43.7. The number of rotatable bonds is 2. The van der Waals surface area contributed by atoms with Crippen LogP contribution in [-0.2, 0) is 0 Å². The third-order valence-electron chi connectivity index (χ3n) is 7.19. The van der Waals surface area contributed by atoms with Crippen LogP contribution in [0.4, 0.5) is 0 Å². The highest BCUT2D eigenvalue weighted by Gasteiger charge is 2.15. The van der Waals surface area contributed by atoms with E-state index in [2.05, 4.69) is 145 Å². The average molecular weight is 772 g/mol. The summed E-state index contributed by atoms with van der Waals surface area (Å²) in [5.74, 6) is 0. The summed E-state index contributed by atoms with van der Waals surface area (Å²) in [4.78, 5) is 0. The van der Waals surface area contributed by atoms with Crippen molar-refractivity contribution in [3.8, 4) is 22.3 Å². The summed E-state index contributed by atoms with van der Waals surface area (Å²) in [6.07, 6.45) is 0. The molecule has 0 fully saturated rings. The van der Waals surface area contributed by atoms with Crippen LogP contribution in [0.25, 0.3) is 66.1 Å². The lowest BCUT2D eigenvalue weighted by molar-refractivity contribution is 0.666. The molecule has 0 amide bonds. The first-order valence-corrected chi connectivity index (χ1v) is 15.8. The van der Waals surface area contributed by atoms with Crippen molar-refractivity contribution in [2.45, 2.75) is 0 Å². The summed E-state index contributed by atoms with van der Waals surface area (Å²) < 4.78 is 15.3. The maximum absolute atomic E-state index is 6.09. The van der Waals surface area contributed by atoms with E-state index in [1.54, 1.807) is 0 Å². The van der Waals surface area contributed by atoms with Crippen molar-refractivity contribution >= 4 is 98.3 Å². The largest absolute Gasteiger partial charge is 0.456 e. The van der Waals surface area contributed by atoms with Crippen LogP contribution in [0, 0.1) is 3.57 Å². The van der Waals surface area contributed by atoms with E-state index in [9.17, 15) is 0 Å². The first-order valence-electron chi connectivity index (χ1n) is 13.1. The summed E-state index contributed by atoms with van der Waals surface area (Å²) in [7, 11) is 0. The van der Waals surface area contributed by atoms with Gasteiger partial charge in [-0.15, -0.1) is 0 Å². The minimum Gasteiger partial charge on any atom is -0.456 e. The summed E-state index contributed by atoms with van der Waals surface area (Å²) in [6.45, 7) is 0. The fraction of sp³-hybridized carbons (Fsp3) is 0. The van der Waals surface area contributed by atoms with Crippen molar-refractivity contribution in [3.63, 3.8) is 0 Å². The van der Waals surface area contributed by atoms with E-state index >= 15 is 0 Å². The molecule has 0 aliphatic rings. The van der Waals surface area contributed by atoms with E-state index in [-0.39, 0.29) is 0 Å². The Kier molecular flexibility index (Phi) is 7.19. The first kappa shape index (κ1) is 26.5. The van der Waals surface area contributed by atoms with E-state index in [4.69, 9.17) is 8.83 Å². The molecule has 0 spiro atoms. The Bertz CT molecular complexity index is 2180. The van der Waals surface area contributed by atoms with Crippen molar-refractivity contribution < 1.29 is 8.83 Å². The minimum atomic E-state index is 0.915. The molecule has 6 aromatic carbocycles. The van der Waals surface area contributed by atoms with Crippen LogP contribution >= 0.6 is 54.5 Å². The average Bonchev–Trinajstić information content (AvgIpc) is 3.58. The van der Waals surface area contributed by atoms with Crippen LogP contribution < -0.4 is 0 Å². The summed E-state index contributed by atoms with van der Waals surface area (Å²) in [5, 5.41) is 4.69. The molecule has 0 N–H and O–H groups in total. The second-order valence-corrected chi connectivity index (χ2v) is 12.5. The van der Waals surface area contributed by atoms with Gasteiger partial charge in [0.2, 0.25) is 0 Å². The number of hydrogen-bond donors (Lipinski definition) is 0. The Hall–Kier alpha value is -3.39. The molecule has 0 radical (unpaired) electrons. The van der Waals surface area contributed by atoms with E-state index in [1.807, 2.05) is 36.4 Å². The Morgan fingerprint density at radius 3 is 1.68 bits per heavy atom. The molecule has 0 atom stereocenters. The highest BCUT2D eigenvalue weighted by molar-refractivity contribution is 14.1. The number of benzene rings is 6. The van der Waals surface area contributed by atoms with Gasteiger partial charge in [0.25, 0.3) is 0 Å². The molecule has 0 bridgehead atoms. The van der Waals surface area contributed by atoms with Gasteiger partial charge in [-0.25, -0.2) is 0 Å². The maximum atomic E-state index is 6.09. The molecule has 0 saturated heterocycles. The van der Waals surface area contributed by atoms with Gasteiger partial charge >= 0.3 is 0 Å². The van der Waals surface area contributed by atoms with Crippen LogP contribution in [0.1, 0.15) is 0 Å².